The fourth-order valence-corrected chi connectivity index (χ4v) is 4.63. The van der Waals surface area contributed by atoms with Crippen LogP contribution in [-0.4, -0.2) is 33.6 Å². The largest absolute Gasteiger partial charge is 0.478 e. The molecule has 0 radical (unpaired) electrons. The Labute approximate surface area is 212 Å². The predicted molar refractivity (Wildman–Crippen MR) is 145 cm³/mol. The number of hydrogen-bond donors (Lipinski definition) is 1. The maximum Gasteiger partial charge on any atom is 0.336 e. The molecule has 1 amide bonds. The number of benzene rings is 3. The molecule has 1 heterocycles. The van der Waals surface area contributed by atoms with Gasteiger partial charge in [-0.15, -0.1) is 0 Å². The molecule has 0 saturated carbocycles. The number of carboxylic acid groups (broad SMARTS) is 1. The second-order valence-electron chi connectivity index (χ2n) is 9.19. The number of aromatic nitrogens is 2. The van der Waals surface area contributed by atoms with Gasteiger partial charge >= 0.3 is 5.97 Å². The molecule has 4 aromatic rings. The summed E-state index contributed by atoms with van der Waals surface area (Å²) in [6.07, 6.45) is 4.24. The lowest BCUT2D eigenvalue weighted by molar-refractivity contribution is -0.118. The maximum atomic E-state index is 12.5. The number of anilines is 1. The van der Waals surface area contributed by atoms with Gasteiger partial charge in [0.05, 0.1) is 16.6 Å². The lowest BCUT2D eigenvalue weighted by Crippen LogP contribution is -2.25. The van der Waals surface area contributed by atoms with Gasteiger partial charge < -0.3 is 10.0 Å². The van der Waals surface area contributed by atoms with Crippen LogP contribution in [0.5, 0.6) is 0 Å². The number of carbonyl (C=O) groups is 2. The third kappa shape index (κ3) is 4.89. The van der Waals surface area contributed by atoms with Crippen LogP contribution in [0.25, 0.3) is 27.8 Å². The molecule has 6 heteroatoms. The van der Waals surface area contributed by atoms with Crippen molar-refractivity contribution in [1.29, 1.82) is 0 Å². The molecule has 0 spiro atoms. The molecule has 6 nitrogen and oxygen atoms in total. The summed E-state index contributed by atoms with van der Waals surface area (Å²) >= 11 is 0. The highest BCUT2D eigenvalue weighted by Gasteiger charge is 2.18. The second kappa shape index (κ2) is 10.8. The second-order valence-corrected chi connectivity index (χ2v) is 9.19. The number of hydrogen-bond acceptors (Lipinski definition) is 3. The molecule has 1 aromatic heterocycles. The van der Waals surface area contributed by atoms with Crippen LogP contribution < -0.4 is 4.90 Å². The van der Waals surface area contributed by atoms with Gasteiger partial charge in [0, 0.05) is 31.3 Å². The first-order valence-electron chi connectivity index (χ1n) is 12.6. The number of carboxylic acids is 1. The van der Waals surface area contributed by atoms with E-state index in [2.05, 4.69) is 17.6 Å². The molecule has 4 rings (SSSR count). The Morgan fingerprint density at radius 1 is 0.972 bits per heavy atom. The normalized spacial score (nSPS) is 11.1. The number of unbranched alkanes of at least 4 members (excludes halogenated alkanes) is 1. The summed E-state index contributed by atoms with van der Waals surface area (Å²) in [7, 11) is 1.82. The molecule has 1 N–H and O–H groups in total. The van der Waals surface area contributed by atoms with E-state index in [0.717, 1.165) is 65.0 Å². The summed E-state index contributed by atoms with van der Waals surface area (Å²) in [4.78, 5) is 31.0. The lowest BCUT2D eigenvalue weighted by atomic mass is 9.95. The molecule has 0 saturated heterocycles. The minimum absolute atomic E-state index is 0.0893. The first-order valence-corrected chi connectivity index (χ1v) is 12.6. The molecule has 0 unspecified atom stereocenters. The van der Waals surface area contributed by atoms with Gasteiger partial charge in [-0.25, -0.2) is 9.78 Å². The fourth-order valence-electron chi connectivity index (χ4n) is 4.63. The van der Waals surface area contributed by atoms with E-state index < -0.39 is 5.97 Å². The first kappa shape index (κ1) is 25.2. The zero-order valence-corrected chi connectivity index (χ0v) is 21.4. The SMILES string of the molecule is CCCCc1nc2ccc(N(C)C(=O)CCC)cc2n1-c1ccc(-c2ccccc2C(=O)O)c(C)c1. The monoisotopic (exact) mass is 483 g/mol. The molecular weight excluding hydrogens is 450 g/mol. The average molecular weight is 484 g/mol. The average Bonchev–Trinajstić information content (AvgIpc) is 3.24. The van der Waals surface area contributed by atoms with Crippen molar-refractivity contribution in [3.8, 4) is 16.8 Å². The van der Waals surface area contributed by atoms with Gasteiger partial charge in [0.1, 0.15) is 5.82 Å². The minimum atomic E-state index is -0.939. The Morgan fingerprint density at radius 3 is 2.44 bits per heavy atom. The van der Waals surface area contributed by atoms with Crippen molar-refractivity contribution in [2.75, 3.05) is 11.9 Å². The molecule has 0 bridgehead atoms. The van der Waals surface area contributed by atoms with E-state index in [1.165, 1.54) is 0 Å². The van der Waals surface area contributed by atoms with E-state index in [4.69, 9.17) is 4.98 Å². The van der Waals surface area contributed by atoms with Gasteiger partial charge in [0.25, 0.3) is 0 Å². The van der Waals surface area contributed by atoms with Gasteiger partial charge in [-0.1, -0.05) is 44.5 Å². The standard InChI is InChI=1S/C30H33N3O3/c1-5-7-13-28-31-26-17-15-21(32(4)29(34)10-6-2)19-27(26)33(28)22-14-16-23(20(3)18-22)24-11-8-9-12-25(24)30(35)36/h8-9,11-12,14-19H,5-7,10,13H2,1-4H3,(H,35,36). The van der Waals surface area contributed by atoms with Crippen molar-refractivity contribution in [2.45, 2.75) is 52.9 Å². The van der Waals surface area contributed by atoms with E-state index in [-0.39, 0.29) is 11.5 Å². The highest BCUT2D eigenvalue weighted by molar-refractivity contribution is 5.97. The summed E-state index contributed by atoms with van der Waals surface area (Å²) in [6.45, 7) is 6.17. The zero-order valence-electron chi connectivity index (χ0n) is 21.4. The van der Waals surface area contributed by atoms with Crippen molar-refractivity contribution < 1.29 is 14.7 Å². The Bertz CT molecular complexity index is 1420. The van der Waals surface area contributed by atoms with Crippen LogP contribution in [0.1, 0.15) is 61.3 Å². The van der Waals surface area contributed by atoms with Gasteiger partial charge in [-0.2, -0.15) is 0 Å². The Hall–Kier alpha value is -3.93. The van der Waals surface area contributed by atoms with E-state index in [1.807, 2.05) is 63.4 Å². The number of amides is 1. The molecule has 0 aliphatic rings. The summed E-state index contributed by atoms with van der Waals surface area (Å²) in [6, 6.07) is 19.2. The van der Waals surface area contributed by atoms with Crippen molar-refractivity contribution in [1.82, 2.24) is 9.55 Å². The highest BCUT2D eigenvalue weighted by Crippen LogP contribution is 2.32. The van der Waals surface area contributed by atoms with Crippen LogP contribution in [-0.2, 0) is 11.2 Å². The van der Waals surface area contributed by atoms with Crippen LogP contribution in [0.15, 0.2) is 60.7 Å². The summed E-state index contributed by atoms with van der Waals surface area (Å²) < 4.78 is 2.17. The number of carbonyl (C=O) groups excluding carboxylic acids is 1. The number of aromatic carboxylic acids is 1. The van der Waals surface area contributed by atoms with Crippen LogP contribution in [0, 0.1) is 6.92 Å². The molecule has 0 aliphatic heterocycles. The number of nitrogens with zero attached hydrogens (tertiary/aromatic N) is 3. The first-order chi connectivity index (χ1) is 17.3. The van der Waals surface area contributed by atoms with Gasteiger partial charge in [0.15, 0.2) is 0 Å². The molecule has 36 heavy (non-hydrogen) atoms. The topological polar surface area (TPSA) is 75.4 Å². The molecule has 0 atom stereocenters. The van der Waals surface area contributed by atoms with Crippen molar-refractivity contribution >= 4 is 28.6 Å². The number of rotatable bonds is 9. The van der Waals surface area contributed by atoms with Crippen LogP contribution in [0.4, 0.5) is 5.69 Å². The van der Waals surface area contributed by atoms with E-state index >= 15 is 0 Å². The molecule has 0 fully saturated rings. The lowest BCUT2D eigenvalue weighted by Gasteiger charge is -2.18. The zero-order chi connectivity index (χ0) is 25.8. The van der Waals surface area contributed by atoms with Crippen LogP contribution >= 0.6 is 0 Å². The number of imidazole rings is 1. The Morgan fingerprint density at radius 2 is 1.75 bits per heavy atom. The summed E-state index contributed by atoms with van der Waals surface area (Å²) in [5, 5.41) is 9.66. The number of fused-ring (bicyclic) bond motifs is 1. The van der Waals surface area contributed by atoms with Gasteiger partial charge in [0.2, 0.25) is 5.91 Å². The molecule has 0 aliphatic carbocycles. The third-order valence-electron chi connectivity index (χ3n) is 6.60. The third-order valence-corrected chi connectivity index (χ3v) is 6.60. The quantitative estimate of drug-likeness (QED) is 0.284. The Kier molecular flexibility index (Phi) is 7.53. The van der Waals surface area contributed by atoms with Crippen molar-refractivity contribution in [3.05, 3.63) is 77.6 Å². The maximum absolute atomic E-state index is 12.5. The summed E-state index contributed by atoms with van der Waals surface area (Å²) in [5.41, 5.74) is 6.51. The predicted octanol–water partition coefficient (Wildman–Crippen LogP) is 6.80. The molecular formula is C30H33N3O3. The number of aryl methyl sites for hydroxylation is 2. The smallest absolute Gasteiger partial charge is 0.336 e. The molecule has 186 valence electrons. The van der Waals surface area contributed by atoms with Crippen molar-refractivity contribution in [2.24, 2.45) is 0 Å². The van der Waals surface area contributed by atoms with Gasteiger partial charge in [-0.05, 0) is 72.9 Å². The van der Waals surface area contributed by atoms with E-state index in [9.17, 15) is 14.7 Å². The fraction of sp³-hybridized carbons (Fsp3) is 0.300. The molecule has 3 aromatic carbocycles. The summed E-state index contributed by atoms with van der Waals surface area (Å²) in [5.74, 6) is 0.127. The van der Waals surface area contributed by atoms with Crippen molar-refractivity contribution in [3.63, 3.8) is 0 Å². The minimum Gasteiger partial charge on any atom is -0.478 e. The highest BCUT2D eigenvalue weighted by atomic mass is 16.4. The van der Waals surface area contributed by atoms with Crippen LogP contribution in [0.2, 0.25) is 0 Å². The Balaban J connectivity index is 1.85. The van der Waals surface area contributed by atoms with Crippen LogP contribution in [0.3, 0.4) is 0 Å². The van der Waals surface area contributed by atoms with E-state index in [0.29, 0.717) is 12.0 Å². The van der Waals surface area contributed by atoms with Gasteiger partial charge in [-0.3, -0.25) is 9.36 Å². The van der Waals surface area contributed by atoms with E-state index in [1.54, 1.807) is 17.0 Å².